The van der Waals surface area contributed by atoms with Crippen molar-refractivity contribution >= 4 is 20.4 Å². The van der Waals surface area contributed by atoms with Gasteiger partial charge in [0.1, 0.15) is 0 Å². The lowest BCUT2D eigenvalue weighted by Crippen LogP contribution is -2.46. The standard InChI is InChI=1S/C16H35ClO3Si/c1-4-13-18-21(19-14-5-2,20-15-6-3)16-11-9-7-8-10-12-17/h4-16H2,1-3H3. The molecule has 0 spiro atoms. The molecule has 0 rings (SSSR count). The van der Waals surface area contributed by atoms with Crippen LogP contribution in [-0.4, -0.2) is 34.5 Å². The van der Waals surface area contributed by atoms with Gasteiger partial charge in [-0.1, -0.05) is 40.0 Å². The van der Waals surface area contributed by atoms with E-state index >= 15 is 0 Å². The van der Waals surface area contributed by atoms with E-state index in [1.165, 1.54) is 19.3 Å². The molecule has 0 heterocycles. The average molecular weight is 339 g/mol. The Morgan fingerprint density at radius 1 is 0.667 bits per heavy atom. The van der Waals surface area contributed by atoms with Crippen LogP contribution in [0.2, 0.25) is 6.04 Å². The molecule has 21 heavy (non-hydrogen) atoms. The lowest BCUT2D eigenvalue weighted by Gasteiger charge is -2.29. The van der Waals surface area contributed by atoms with Gasteiger partial charge < -0.3 is 13.3 Å². The SMILES string of the molecule is CCCO[Si](CCCCCCCCl)(OCCC)OCCC. The Morgan fingerprint density at radius 3 is 1.52 bits per heavy atom. The summed E-state index contributed by atoms with van der Waals surface area (Å²) in [5.41, 5.74) is 0. The van der Waals surface area contributed by atoms with Crippen LogP contribution < -0.4 is 0 Å². The third-order valence-corrected chi connectivity index (χ3v) is 6.36. The molecule has 0 aliphatic rings. The minimum Gasteiger partial charge on any atom is -0.373 e. The van der Waals surface area contributed by atoms with Gasteiger partial charge in [-0.2, -0.15) is 0 Å². The lowest BCUT2D eigenvalue weighted by molar-refractivity contribution is 0.0586. The molecule has 0 radical (unpaired) electrons. The number of alkyl halides is 1. The molecular formula is C16H35ClO3Si. The molecule has 0 aliphatic carbocycles. The van der Waals surface area contributed by atoms with Crippen LogP contribution in [0.15, 0.2) is 0 Å². The Bertz CT molecular complexity index is 196. The number of hydrogen-bond acceptors (Lipinski definition) is 3. The van der Waals surface area contributed by atoms with E-state index in [-0.39, 0.29) is 0 Å². The summed E-state index contributed by atoms with van der Waals surface area (Å²) < 4.78 is 18.3. The van der Waals surface area contributed by atoms with E-state index in [4.69, 9.17) is 24.9 Å². The van der Waals surface area contributed by atoms with E-state index < -0.39 is 8.80 Å². The molecule has 0 aromatic carbocycles. The van der Waals surface area contributed by atoms with Crippen molar-refractivity contribution in [2.45, 2.75) is 78.2 Å². The molecular weight excluding hydrogens is 304 g/mol. The minimum atomic E-state index is -2.45. The first-order valence-electron chi connectivity index (χ1n) is 8.72. The normalized spacial score (nSPS) is 12.0. The number of rotatable bonds is 16. The second kappa shape index (κ2) is 15.3. The van der Waals surface area contributed by atoms with Crippen LogP contribution in [0.4, 0.5) is 0 Å². The van der Waals surface area contributed by atoms with Gasteiger partial charge in [-0.15, -0.1) is 11.6 Å². The molecule has 0 aliphatic heterocycles. The summed E-state index contributed by atoms with van der Waals surface area (Å²) in [6, 6.07) is 0.952. The fourth-order valence-electron chi connectivity index (χ4n) is 2.08. The summed E-state index contributed by atoms with van der Waals surface area (Å²) in [5.74, 6) is 0.775. The fourth-order valence-corrected chi connectivity index (χ4v) is 5.18. The Labute approximate surface area is 138 Å². The molecule has 0 N–H and O–H groups in total. The zero-order chi connectivity index (χ0) is 15.8. The van der Waals surface area contributed by atoms with Crippen molar-refractivity contribution in [1.82, 2.24) is 0 Å². The van der Waals surface area contributed by atoms with Gasteiger partial charge in [0.25, 0.3) is 0 Å². The first-order valence-corrected chi connectivity index (χ1v) is 11.2. The van der Waals surface area contributed by atoms with Crippen molar-refractivity contribution in [2.75, 3.05) is 25.7 Å². The van der Waals surface area contributed by atoms with Gasteiger partial charge >= 0.3 is 8.80 Å². The van der Waals surface area contributed by atoms with Crippen LogP contribution in [0.3, 0.4) is 0 Å². The van der Waals surface area contributed by atoms with Crippen molar-refractivity contribution in [2.24, 2.45) is 0 Å². The van der Waals surface area contributed by atoms with Crippen LogP contribution >= 0.6 is 11.6 Å². The van der Waals surface area contributed by atoms with Gasteiger partial charge in [0.15, 0.2) is 0 Å². The summed E-state index contributed by atoms with van der Waals surface area (Å²) in [4.78, 5) is 0. The van der Waals surface area contributed by atoms with Crippen LogP contribution in [0.25, 0.3) is 0 Å². The molecule has 0 fully saturated rings. The van der Waals surface area contributed by atoms with Crippen LogP contribution in [0, 0.1) is 0 Å². The molecule has 5 heteroatoms. The maximum atomic E-state index is 6.08. The van der Waals surface area contributed by atoms with Crippen LogP contribution in [0.1, 0.15) is 72.1 Å². The van der Waals surface area contributed by atoms with Crippen LogP contribution in [0.5, 0.6) is 0 Å². The summed E-state index contributed by atoms with van der Waals surface area (Å²) in [6.07, 6.45) is 8.96. The largest absolute Gasteiger partial charge is 0.500 e. The third kappa shape index (κ3) is 11.6. The third-order valence-electron chi connectivity index (χ3n) is 3.19. The van der Waals surface area contributed by atoms with Gasteiger partial charge in [0.2, 0.25) is 0 Å². The van der Waals surface area contributed by atoms with E-state index in [0.29, 0.717) is 0 Å². The summed E-state index contributed by atoms with van der Waals surface area (Å²) in [7, 11) is -2.45. The summed E-state index contributed by atoms with van der Waals surface area (Å²) >= 11 is 5.71. The van der Waals surface area contributed by atoms with E-state index in [9.17, 15) is 0 Å². The Kier molecular flexibility index (Phi) is 15.6. The highest BCUT2D eigenvalue weighted by molar-refractivity contribution is 6.60. The van der Waals surface area contributed by atoms with Crippen molar-refractivity contribution < 1.29 is 13.3 Å². The number of hydrogen-bond donors (Lipinski definition) is 0. The van der Waals surface area contributed by atoms with E-state index in [1.54, 1.807) is 0 Å². The van der Waals surface area contributed by atoms with Crippen LogP contribution in [-0.2, 0) is 13.3 Å². The number of halogens is 1. The monoisotopic (exact) mass is 338 g/mol. The summed E-state index contributed by atoms with van der Waals surface area (Å²) in [5, 5.41) is 0. The second-order valence-electron chi connectivity index (χ2n) is 5.44. The van der Waals surface area contributed by atoms with Gasteiger partial charge in [-0.25, -0.2) is 0 Å². The molecule has 0 saturated heterocycles. The van der Waals surface area contributed by atoms with E-state index in [1.807, 2.05) is 0 Å². The predicted octanol–water partition coefficient (Wildman–Crippen LogP) is 5.39. The zero-order valence-corrected chi connectivity index (χ0v) is 16.1. The van der Waals surface area contributed by atoms with Gasteiger partial charge in [0, 0.05) is 31.7 Å². The Hall–Kier alpha value is 0.387. The van der Waals surface area contributed by atoms with E-state index in [2.05, 4.69) is 20.8 Å². The molecule has 0 amide bonds. The lowest BCUT2D eigenvalue weighted by atomic mass is 10.2. The average Bonchev–Trinajstić information content (AvgIpc) is 2.51. The molecule has 0 aromatic heterocycles. The van der Waals surface area contributed by atoms with Gasteiger partial charge in [-0.3, -0.25) is 0 Å². The highest BCUT2D eigenvalue weighted by atomic mass is 35.5. The van der Waals surface area contributed by atoms with Crippen molar-refractivity contribution in [1.29, 1.82) is 0 Å². The van der Waals surface area contributed by atoms with Crippen molar-refractivity contribution in [3.63, 3.8) is 0 Å². The summed E-state index contributed by atoms with van der Waals surface area (Å²) in [6.45, 7) is 8.62. The molecule has 3 nitrogen and oxygen atoms in total. The fraction of sp³-hybridized carbons (Fsp3) is 1.00. The minimum absolute atomic E-state index is 0.742. The molecule has 0 unspecified atom stereocenters. The first kappa shape index (κ1) is 21.4. The first-order chi connectivity index (χ1) is 10.2. The molecule has 0 bridgehead atoms. The topological polar surface area (TPSA) is 27.7 Å². The maximum Gasteiger partial charge on any atom is 0.500 e. The van der Waals surface area contributed by atoms with Crippen molar-refractivity contribution in [3.8, 4) is 0 Å². The Morgan fingerprint density at radius 2 is 1.10 bits per heavy atom. The highest BCUT2D eigenvalue weighted by Crippen LogP contribution is 2.21. The van der Waals surface area contributed by atoms with Gasteiger partial charge in [-0.05, 0) is 32.1 Å². The molecule has 0 aromatic rings. The smallest absolute Gasteiger partial charge is 0.373 e. The Balaban J connectivity index is 4.28. The van der Waals surface area contributed by atoms with E-state index in [0.717, 1.165) is 63.8 Å². The maximum absolute atomic E-state index is 6.08. The zero-order valence-electron chi connectivity index (χ0n) is 14.3. The van der Waals surface area contributed by atoms with Crippen molar-refractivity contribution in [3.05, 3.63) is 0 Å². The van der Waals surface area contributed by atoms with Gasteiger partial charge in [0.05, 0.1) is 0 Å². The second-order valence-corrected chi connectivity index (χ2v) is 8.55. The molecule has 0 atom stereocenters. The quantitative estimate of drug-likeness (QED) is 0.214. The highest BCUT2D eigenvalue weighted by Gasteiger charge is 2.40. The number of unbranched alkanes of at least 4 members (excludes halogenated alkanes) is 4. The predicted molar refractivity (Wildman–Crippen MR) is 93.1 cm³/mol. The molecule has 0 saturated carbocycles. The molecule has 128 valence electrons.